The zero-order valence-electron chi connectivity index (χ0n) is 24.7. The van der Waals surface area contributed by atoms with E-state index in [1.54, 1.807) is 12.3 Å². The van der Waals surface area contributed by atoms with E-state index in [1.165, 1.54) is 0 Å². The van der Waals surface area contributed by atoms with Crippen LogP contribution in [0.2, 0.25) is 5.02 Å². The van der Waals surface area contributed by atoms with Crippen molar-refractivity contribution in [3.63, 3.8) is 0 Å². The van der Waals surface area contributed by atoms with Gasteiger partial charge in [-0.3, -0.25) is 4.98 Å². The zero-order chi connectivity index (χ0) is 30.1. The number of anilines is 5. The molecule has 0 radical (unpaired) electrons. The number of benzene rings is 3. The maximum atomic E-state index is 11.9. The van der Waals surface area contributed by atoms with Crippen molar-refractivity contribution >= 4 is 50.9 Å². The second-order valence-electron chi connectivity index (χ2n) is 11.7. The van der Waals surface area contributed by atoms with Crippen molar-refractivity contribution in [2.75, 3.05) is 87.3 Å². The van der Waals surface area contributed by atoms with Crippen molar-refractivity contribution < 1.29 is 10.2 Å². The van der Waals surface area contributed by atoms with Crippen molar-refractivity contribution in [2.24, 2.45) is 0 Å². The highest BCUT2D eigenvalue weighted by Gasteiger charge is 2.30. The quantitative estimate of drug-likeness (QED) is 0.228. The predicted octanol–water partition coefficient (Wildman–Crippen LogP) is 4.48. The first kappa shape index (κ1) is 29.5. The lowest BCUT2D eigenvalue weighted by Crippen LogP contribution is -2.45. The van der Waals surface area contributed by atoms with Crippen LogP contribution in [0.3, 0.4) is 0 Å². The van der Waals surface area contributed by atoms with Gasteiger partial charge in [-0.2, -0.15) is 0 Å². The molecule has 2 unspecified atom stereocenters. The molecule has 0 bridgehead atoms. The molecule has 5 N–H and O–H groups in total. The lowest BCUT2D eigenvalue weighted by molar-refractivity contribution is 0.0177. The first-order valence-electron chi connectivity index (χ1n) is 14.8. The van der Waals surface area contributed by atoms with E-state index in [9.17, 15) is 10.2 Å². The van der Waals surface area contributed by atoms with Crippen LogP contribution in [0.25, 0.3) is 10.9 Å². The fraction of sp³-hybridized carbons (Fsp3) is 0.364. The minimum atomic E-state index is -1.18. The number of likely N-dealkylation sites (N-methyl/N-ethyl adjacent to an activating group) is 2. The number of nitrogens with one attached hydrogen (secondary N) is 1. The number of hydrogen-bond acceptors (Lipinski definition) is 9. The Kier molecular flexibility index (Phi) is 8.61. The average Bonchev–Trinajstić information content (AvgIpc) is 3.01. The summed E-state index contributed by atoms with van der Waals surface area (Å²) in [5.74, 6) is 0. The fourth-order valence-electron chi connectivity index (χ4n) is 6.08. The van der Waals surface area contributed by atoms with Crippen LogP contribution >= 0.6 is 11.6 Å². The summed E-state index contributed by atoms with van der Waals surface area (Å²) in [5, 5.41) is 28.9. The smallest absolute Gasteiger partial charge is 0.111 e. The predicted molar refractivity (Wildman–Crippen MR) is 177 cm³/mol. The summed E-state index contributed by atoms with van der Waals surface area (Å²) < 4.78 is 0. The maximum absolute atomic E-state index is 11.9. The Hall–Kier alpha value is -3.60. The number of nitrogens with two attached hydrogens (primary N) is 1. The molecule has 10 heteroatoms. The highest BCUT2D eigenvalue weighted by Crippen LogP contribution is 2.41. The molecule has 0 aliphatic carbocycles. The van der Waals surface area contributed by atoms with Gasteiger partial charge in [-0.05, 0) is 74.8 Å². The van der Waals surface area contributed by atoms with E-state index in [1.807, 2.05) is 54.6 Å². The number of hydrogen-bond donors (Lipinski definition) is 4. The highest BCUT2D eigenvalue weighted by atomic mass is 35.5. The third-order valence-electron chi connectivity index (χ3n) is 8.69. The number of rotatable bonds is 7. The van der Waals surface area contributed by atoms with Gasteiger partial charge in [0.15, 0.2) is 0 Å². The maximum Gasteiger partial charge on any atom is 0.111 e. The molecule has 0 amide bonds. The molecule has 2 aliphatic rings. The molecule has 9 nitrogen and oxygen atoms in total. The van der Waals surface area contributed by atoms with Crippen LogP contribution in [0.1, 0.15) is 23.3 Å². The highest BCUT2D eigenvalue weighted by molar-refractivity contribution is 6.31. The van der Waals surface area contributed by atoms with Gasteiger partial charge in [-0.25, -0.2) is 0 Å². The Morgan fingerprint density at radius 3 is 1.95 bits per heavy atom. The van der Waals surface area contributed by atoms with Crippen LogP contribution in [-0.4, -0.2) is 91.5 Å². The van der Waals surface area contributed by atoms with Gasteiger partial charge in [0.25, 0.3) is 0 Å². The minimum absolute atomic E-state index is 0.554. The van der Waals surface area contributed by atoms with Crippen molar-refractivity contribution in [1.82, 2.24) is 14.8 Å². The molecular weight excluding hydrogens is 562 g/mol. The number of aromatic nitrogens is 1. The normalized spacial score (nSPS) is 18.2. The lowest BCUT2D eigenvalue weighted by atomic mass is 9.93. The van der Waals surface area contributed by atoms with Crippen LogP contribution < -0.4 is 20.9 Å². The van der Waals surface area contributed by atoms with Crippen LogP contribution in [0.4, 0.5) is 28.4 Å². The summed E-state index contributed by atoms with van der Waals surface area (Å²) in [4.78, 5) is 13.6. The number of nitrogens with zero attached hydrogens (tertiary/aromatic N) is 5. The Labute approximate surface area is 258 Å². The van der Waals surface area contributed by atoms with Gasteiger partial charge in [0.1, 0.15) is 12.2 Å². The summed E-state index contributed by atoms with van der Waals surface area (Å²) in [6.07, 6.45) is -0.611. The van der Waals surface area contributed by atoms with Gasteiger partial charge < -0.3 is 40.9 Å². The first-order chi connectivity index (χ1) is 20.8. The number of pyridine rings is 1. The molecule has 2 fully saturated rings. The molecule has 2 aliphatic heterocycles. The van der Waals surface area contributed by atoms with Crippen LogP contribution in [0, 0.1) is 0 Å². The van der Waals surface area contributed by atoms with Crippen molar-refractivity contribution in [2.45, 2.75) is 12.2 Å². The average molecular weight is 602 g/mol. The van der Waals surface area contributed by atoms with Crippen molar-refractivity contribution in [1.29, 1.82) is 0 Å². The Morgan fingerprint density at radius 2 is 1.33 bits per heavy atom. The molecule has 4 aromatic rings. The number of aliphatic hydroxyl groups excluding tert-OH is 2. The molecule has 6 rings (SSSR count). The standard InChI is InChI=1S/C33H40ClN7O2/c1-38-11-15-40(16-12-38)30-7-4-23(35)20-26(30)32(42)33(43)27-21-24(5-8-31(27)41-17-13-39(2)14-18-41)37-28-9-10-36-29-19-22(34)3-6-25(28)29/h3-10,19-21,32-33,42-43H,11-18,35H2,1-2H3,(H,36,37). The van der Waals surface area contributed by atoms with E-state index in [-0.39, 0.29) is 0 Å². The van der Waals surface area contributed by atoms with Gasteiger partial charge in [-0.15, -0.1) is 0 Å². The van der Waals surface area contributed by atoms with E-state index < -0.39 is 12.2 Å². The van der Waals surface area contributed by atoms with E-state index in [0.717, 1.165) is 86.0 Å². The summed E-state index contributed by atoms with van der Waals surface area (Å²) in [6, 6.07) is 19.2. The molecule has 2 saturated heterocycles. The summed E-state index contributed by atoms with van der Waals surface area (Å²) in [6.45, 7) is 7.05. The second-order valence-corrected chi connectivity index (χ2v) is 12.1. The van der Waals surface area contributed by atoms with Crippen molar-refractivity contribution in [3.05, 3.63) is 83.0 Å². The monoisotopic (exact) mass is 601 g/mol. The van der Waals surface area contributed by atoms with E-state index >= 15 is 0 Å². The molecule has 0 saturated carbocycles. The molecule has 1 aromatic heterocycles. The van der Waals surface area contributed by atoms with E-state index in [4.69, 9.17) is 17.3 Å². The van der Waals surface area contributed by atoms with E-state index in [2.05, 4.69) is 44.0 Å². The topological polar surface area (TPSA) is 104 Å². The molecule has 2 atom stereocenters. The molecule has 3 aromatic carbocycles. The SMILES string of the molecule is CN1CCN(c2ccc(N)cc2C(O)C(O)c2cc(Nc3ccnc4cc(Cl)ccc34)ccc2N2CCN(C)CC2)CC1. The van der Waals surface area contributed by atoms with Crippen LogP contribution in [-0.2, 0) is 0 Å². The van der Waals surface area contributed by atoms with Crippen LogP contribution in [0.5, 0.6) is 0 Å². The second kappa shape index (κ2) is 12.6. The Bertz CT molecular complexity index is 1590. The van der Waals surface area contributed by atoms with E-state index in [0.29, 0.717) is 21.8 Å². The lowest BCUT2D eigenvalue weighted by Gasteiger charge is -2.37. The molecule has 3 heterocycles. The first-order valence-corrected chi connectivity index (χ1v) is 15.2. The summed E-state index contributed by atoms with van der Waals surface area (Å²) >= 11 is 6.21. The van der Waals surface area contributed by atoms with Gasteiger partial charge in [-0.1, -0.05) is 11.6 Å². The minimum Gasteiger partial charge on any atom is -0.399 e. The summed E-state index contributed by atoms with van der Waals surface area (Å²) in [5.41, 5.74) is 12.4. The van der Waals surface area contributed by atoms with Gasteiger partial charge in [0.2, 0.25) is 0 Å². The number of halogens is 1. The number of piperazine rings is 2. The molecular formula is C33H40ClN7O2. The summed E-state index contributed by atoms with van der Waals surface area (Å²) in [7, 11) is 4.24. The number of nitrogen functional groups attached to an aromatic ring is 1. The zero-order valence-corrected chi connectivity index (χ0v) is 25.5. The Balaban J connectivity index is 1.37. The molecule has 43 heavy (non-hydrogen) atoms. The number of aliphatic hydroxyl groups is 2. The van der Waals surface area contributed by atoms with Gasteiger partial charge in [0, 0.05) is 109 Å². The third kappa shape index (κ3) is 6.37. The van der Waals surface area contributed by atoms with Crippen LogP contribution in [0.15, 0.2) is 66.9 Å². The number of fused-ring (bicyclic) bond motifs is 1. The fourth-order valence-corrected chi connectivity index (χ4v) is 6.24. The third-order valence-corrected chi connectivity index (χ3v) is 8.92. The molecule has 226 valence electrons. The van der Waals surface area contributed by atoms with Gasteiger partial charge >= 0.3 is 0 Å². The van der Waals surface area contributed by atoms with Gasteiger partial charge in [0.05, 0.1) is 5.52 Å². The van der Waals surface area contributed by atoms with Crippen molar-refractivity contribution in [3.8, 4) is 0 Å². The molecule has 0 spiro atoms. The largest absolute Gasteiger partial charge is 0.399 e. The Morgan fingerprint density at radius 1 is 0.744 bits per heavy atom.